The molecule has 3 unspecified atom stereocenters. The Balaban J connectivity index is 2.06. The topological polar surface area (TPSA) is 0 Å². The second-order valence-corrected chi connectivity index (χ2v) is 4.97. The van der Waals surface area contributed by atoms with Crippen molar-refractivity contribution in [2.45, 2.75) is 44.4 Å². The zero-order chi connectivity index (χ0) is 9.54. The molecule has 0 heteroatoms. The molecule has 3 atom stereocenters. The zero-order valence-corrected chi connectivity index (χ0v) is 8.87. The minimum absolute atomic E-state index is 0.816. The molecule has 1 saturated carbocycles. The summed E-state index contributed by atoms with van der Waals surface area (Å²) in [5.41, 5.74) is 3.31. The van der Waals surface area contributed by atoms with Gasteiger partial charge < -0.3 is 0 Å². The van der Waals surface area contributed by atoms with E-state index in [1.165, 1.54) is 25.7 Å². The standard InChI is InChI=1S/C14H18/c1-10-11-6-2-4-8-13(11)14-9-5-3-7-12(10)14/h2,4,6,8,10,12,14H,3,5,7,9H2,1H3. The predicted molar refractivity (Wildman–Crippen MR) is 59.6 cm³/mol. The highest BCUT2D eigenvalue weighted by molar-refractivity contribution is 5.39. The van der Waals surface area contributed by atoms with Crippen molar-refractivity contribution in [3.8, 4) is 0 Å². The summed E-state index contributed by atoms with van der Waals surface area (Å²) in [5.74, 6) is 2.67. The van der Waals surface area contributed by atoms with Gasteiger partial charge in [0.1, 0.15) is 0 Å². The van der Waals surface area contributed by atoms with E-state index < -0.39 is 0 Å². The third-order valence-corrected chi connectivity index (χ3v) is 4.35. The third kappa shape index (κ3) is 1.06. The van der Waals surface area contributed by atoms with Gasteiger partial charge in [0.15, 0.2) is 0 Å². The molecule has 0 aromatic heterocycles. The van der Waals surface area contributed by atoms with Crippen molar-refractivity contribution in [1.29, 1.82) is 0 Å². The fourth-order valence-electron chi connectivity index (χ4n) is 3.64. The van der Waals surface area contributed by atoms with E-state index in [0.717, 1.165) is 17.8 Å². The largest absolute Gasteiger partial charge is 0.0620 e. The average molecular weight is 186 g/mol. The van der Waals surface area contributed by atoms with Gasteiger partial charge in [0.05, 0.1) is 0 Å². The fourth-order valence-corrected chi connectivity index (χ4v) is 3.64. The molecule has 2 aliphatic carbocycles. The van der Waals surface area contributed by atoms with Crippen molar-refractivity contribution in [3.63, 3.8) is 0 Å². The summed E-state index contributed by atoms with van der Waals surface area (Å²) >= 11 is 0. The van der Waals surface area contributed by atoms with Crippen molar-refractivity contribution in [3.05, 3.63) is 35.4 Å². The van der Waals surface area contributed by atoms with E-state index in [1.807, 2.05) is 0 Å². The van der Waals surface area contributed by atoms with Gasteiger partial charge in [0.2, 0.25) is 0 Å². The quantitative estimate of drug-likeness (QED) is 0.572. The highest BCUT2D eigenvalue weighted by Gasteiger charge is 2.38. The van der Waals surface area contributed by atoms with E-state index in [2.05, 4.69) is 31.2 Å². The zero-order valence-electron chi connectivity index (χ0n) is 8.87. The molecule has 0 spiro atoms. The van der Waals surface area contributed by atoms with Crippen molar-refractivity contribution < 1.29 is 0 Å². The van der Waals surface area contributed by atoms with E-state index in [-0.39, 0.29) is 0 Å². The molecule has 1 fully saturated rings. The van der Waals surface area contributed by atoms with Gasteiger partial charge in [-0.15, -0.1) is 0 Å². The summed E-state index contributed by atoms with van der Waals surface area (Å²) in [6, 6.07) is 9.12. The molecular weight excluding hydrogens is 168 g/mol. The Kier molecular flexibility index (Phi) is 1.90. The monoisotopic (exact) mass is 186 g/mol. The van der Waals surface area contributed by atoms with Gasteiger partial charge in [-0.1, -0.05) is 44.0 Å². The van der Waals surface area contributed by atoms with E-state index in [0.29, 0.717) is 0 Å². The first-order valence-corrected chi connectivity index (χ1v) is 5.97. The molecule has 0 radical (unpaired) electrons. The SMILES string of the molecule is CC1c2ccccc2C2CCCCC12. The smallest absolute Gasteiger partial charge is 0.0125 e. The van der Waals surface area contributed by atoms with Crippen LogP contribution in [0.3, 0.4) is 0 Å². The van der Waals surface area contributed by atoms with Crippen LogP contribution in [0.4, 0.5) is 0 Å². The summed E-state index contributed by atoms with van der Waals surface area (Å²) in [7, 11) is 0. The van der Waals surface area contributed by atoms with Crippen LogP contribution < -0.4 is 0 Å². The molecule has 1 aromatic carbocycles. The highest BCUT2D eigenvalue weighted by Crippen LogP contribution is 2.52. The van der Waals surface area contributed by atoms with E-state index >= 15 is 0 Å². The van der Waals surface area contributed by atoms with E-state index in [9.17, 15) is 0 Å². The molecule has 0 aliphatic heterocycles. The number of hydrogen-bond donors (Lipinski definition) is 0. The number of rotatable bonds is 0. The third-order valence-electron chi connectivity index (χ3n) is 4.35. The van der Waals surface area contributed by atoms with Crippen LogP contribution in [0.25, 0.3) is 0 Å². The maximum absolute atomic E-state index is 2.43. The van der Waals surface area contributed by atoms with Gasteiger partial charge in [0, 0.05) is 0 Å². The molecule has 0 nitrogen and oxygen atoms in total. The van der Waals surface area contributed by atoms with Crippen molar-refractivity contribution >= 4 is 0 Å². The molecule has 0 heterocycles. The van der Waals surface area contributed by atoms with Gasteiger partial charge in [-0.05, 0) is 41.7 Å². The van der Waals surface area contributed by atoms with Crippen LogP contribution in [0.5, 0.6) is 0 Å². The van der Waals surface area contributed by atoms with Crippen molar-refractivity contribution in [2.75, 3.05) is 0 Å². The maximum Gasteiger partial charge on any atom is -0.0125 e. The average Bonchev–Trinajstić information content (AvgIpc) is 2.55. The molecule has 0 amide bonds. The Hall–Kier alpha value is -0.780. The second kappa shape index (κ2) is 3.12. The highest BCUT2D eigenvalue weighted by atomic mass is 14.4. The lowest BCUT2D eigenvalue weighted by atomic mass is 9.77. The minimum Gasteiger partial charge on any atom is -0.0620 e. The molecule has 0 N–H and O–H groups in total. The van der Waals surface area contributed by atoms with Crippen LogP contribution in [0.15, 0.2) is 24.3 Å². The van der Waals surface area contributed by atoms with Gasteiger partial charge in [-0.2, -0.15) is 0 Å². The number of hydrogen-bond acceptors (Lipinski definition) is 0. The normalized spacial score (nSPS) is 35.1. The van der Waals surface area contributed by atoms with Crippen molar-refractivity contribution in [2.24, 2.45) is 5.92 Å². The van der Waals surface area contributed by atoms with Crippen LogP contribution in [0, 0.1) is 5.92 Å². The van der Waals surface area contributed by atoms with Gasteiger partial charge in [-0.3, -0.25) is 0 Å². The molecule has 0 saturated heterocycles. The molecule has 14 heavy (non-hydrogen) atoms. The number of fused-ring (bicyclic) bond motifs is 3. The van der Waals surface area contributed by atoms with Crippen molar-refractivity contribution in [1.82, 2.24) is 0 Å². The summed E-state index contributed by atoms with van der Waals surface area (Å²) in [4.78, 5) is 0. The first-order valence-electron chi connectivity index (χ1n) is 5.97. The summed E-state index contributed by atoms with van der Waals surface area (Å²) < 4.78 is 0. The molecular formula is C14H18. The molecule has 1 aromatic rings. The van der Waals surface area contributed by atoms with Gasteiger partial charge in [-0.25, -0.2) is 0 Å². The lowest BCUT2D eigenvalue weighted by Gasteiger charge is -2.28. The molecule has 3 rings (SSSR count). The van der Waals surface area contributed by atoms with Crippen LogP contribution in [-0.4, -0.2) is 0 Å². The Bertz CT molecular complexity index is 340. The van der Waals surface area contributed by atoms with E-state index in [4.69, 9.17) is 0 Å². The van der Waals surface area contributed by atoms with Crippen LogP contribution in [0.2, 0.25) is 0 Å². The summed E-state index contributed by atoms with van der Waals surface area (Å²) in [5, 5.41) is 0. The fraction of sp³-hybridized carbons (Fsp3) is 0.571. The maximum atomic E-state index is 2.43. The Morgan fingerprint density at radius 1 is 1.00 bits per heavy atom. The molecule has 0 bridgehead atoms. The minimum atomic E-state index is 0.816. The lowest BCUT2D eigenvalue weighted by molar-refractivity contribution is 0.299. The predicted octanol–water partition coefficient (Wildman–Crippen LogP) is 4.08. The van der Waals surface area contributed by atoms with E-state index in [1.54, 1.807) is 11.1 Å². The van der Waals surface area contributed by atoms with Crippen LogP contribution in [-0.2, 0) is 0 Å². The number of benzene rings is 1. The Labute approximate surface area is 86.3 Å². The van der Waals surface area contributed by atoms with Gasteiger partial charge in [0.25, 0.3) is 0 Å². The summed E-state index contributed by atoms with van der Waals surface area (Å²) in [6.07, 6.45) is 5.80. The first-order chi connectivity index (χ1) is 6.88. The first kappa shape index (κ1) is 8.52. The van der Waals surface area contributed by atoms with Crippen LogP contribution >= 0.6 is 0 Å². The van der Waals surface area contributed by atoms with Crippen LogP contribution in [0.1, 0.15) is 55.6 Å². The Morgan fingerprint density at radius 3 is 2.57 bits per heavy atom. The second-order valence-electron chi connectivity index (χ2n) is 4.97. The molecule has 2 aliphatic rings. The van der Waals surface area contributed by atoms with Gasteiger partial charge >= 0.3 is 0 Å². The molecule has 74 valence electrons. The summed E-state index contributed by atoms with van der Waals surface area (Å²) in [6.45, 7) is 2.43. The Morgan fingerprint density at radius 2 is 1.71 bits per heavy atom. The lowest BCUT2D eigenvalue weighted by Crippen LogP contribution is -2.15.